The second-order valence-corrected chi connectivity index (χ2v) is 10.9. The number of carbonyl (C=O) groups excluding carboxylic acids is 1. The standard InChI is InChI=1S/C30H30FN3OS/c31-26-8-6-21(7-9-26)22-10-14-33(15-11-22)17-25-18-34(19-28(25)24-12-16-36-20-24)30(35)27-5-1-3-23-4-2-13-32-29(23)27/h1-9,12-13,16,20,22,25,28H,10-11,14-15,17-19H2. The number of halogens is 1. The number of para-hydroxylation sites is 1. The largest absolute Gasteiger partial charge is 0.338 e. The van der Waals surface area contributed by atoms with Gasteiger partial charge in [0.25, 0.3) is 5.91 Å². The van der Waals surface area contributed by atoms with E-state index < -0.39 is 0 Å². The third-order valence-corrected chi connectivity index (χ3v) is 8.69. The minimum Gasteiger partial charge on any atom is -0.338 e. The molecular weight excluding hydrogens is 469 g/mol. The van der Waals surface area contributed by atoms with Crippen LogP contribution in [0.2, 0.25) is 0 Å². The van der Waals surface area contributed by atoms with Crippen LogP contribution in [0.3, 0.4) is 0 Å². The molecule has 0 spiro atoms. The fourth-order valence-electron chi connectivity index (χ4n) is 6.05. The molecule has 4 heterocycles. The summed E-state index contributed by atoms with van der Waals surface area (Å²) in [5.41, 5.74) is 4.06. The smallest absolute Gasteiger partial charge is 0.256 e. The average molecular weight is 500 g/mol. The monoisotopic (exact) mass is 499 g/mol. The van der Waals surface area contributed by atoms with Crippen LogP contribution in [0, 0.1) is 11.7 Å². The molecule has 0 bridgehead atoms. The Morgan fingerprint density at radius 3 is 2.56 bits per heavy atom. The lowest BCUT2D eigenvalue weighted by Crippen LogP contribution is -2.38. The van der Waals surface area contributed by atoms with Gasteiger partial charge in [0.1, 0.15) is 5.82 Å². The molecule has 184 valence electrons. The first-order valence-electron chi connectivity index (χ1n) is 12.8. The van der Waals surface area contributed by atoms with E-state index >= 15 is 0 Å². The highest BCUT2D eigenvalue weighted by atomic mass is 32.1. The van der Waals surface area contributed by atoms with Crippen molar-refractivity contribution in [3.63, 3.8) is 0 Å². The maximum Gasteiger partial charge on any atom is 0.256 e. The number of aromatic nitrogens is 1. The molecule has 2 atom stereocenters. The fraction of sp³-hybridized carbons (Fsp3) is 0.333. The topological polar surface area (TPSA) is 36.4 Å². The number of carbonyl (C=O) groups is 1. The van der Waals surface area contributed by atoms with Crippen LogP contribution in [-0.4, -0.2) is 53.4 Å². The first kappa shape index (κ1) is 23.3. The summed E-state index contributed by atoms with van der Waals surface area (Å²) in [4.78, 5) is 22.8. The van der Waals surface area contributed by atoms with E-state index in [1.807, 2.05) is 47.4 Å². The Morgan fingerprint density at radius 1 is 0.972 bits per heavy atom. The van der Waals surface area contributed by atoms with Gasteiger partial charge in [-0.3, -0.25) is 9.78 Å². The van der Waals surface area contributed by atoms with Crippen LogP contribution in [0.1, 0.15) is 46.2 Å². The van der Waals surface area contributed by atoms with E-state index in [-0.39, 0.29) is 11.7 Å². The fourth-order valence-corrected chi connectivity index (χ4v) is 6.77. The van der Waals surface area contributed by atoms with E-state index in [1.165, 1.54) is 11.1 Å². The van der Waals surface area contributed by atoms with Gasteiger partial charge >= 0.3 is 0 Å². The zero-order valence-electron chi connectivity index (χ0n) is 20.2. The predicted octanol–water partition coefficient (Wildman–Crippen LogP) is 6.17. The molecular formula is C30H30FN3OS. The molecule has 0 aliphatic carbocycles. The van der Waals surface area contributed by atoms with Crippen molar-refractivity contribution in [2.24, 2.45) is 5.92 Å². The number of amides is 1. The number of hydrogen-bond donors (Lipinski definition) is 0. The third kappa shape index (κ3) is 4.67. The summed E-state index contributed by atoms with van der Waals surface area (Å²) < 4.78 is 13.3. The molecule has 36 heavy (non-hydrogen) atoms. The summed E-state index contributed by atoms with van der Waals surface area (Å²) in [6.45, 7) is 4.58. The lowest BCUT2D eigenvalue weighted by molar-refractivity contribution is 0.0783. The van der Waals surface area contributed by atoms with Crippen molar-refractivity contribution in [1.29, 1.82) is 0 Å². The average Bonchev–Trinajstić information content (AvgIpc) is 3.59. The van der Waals surface area contributed by atoms with Crippen molar-refractivity contribution in [2.45, 2.75) is 24.7 Å². The molecule has 1 amide bonds. The number of rotatable bonds is 5. The number of benzene rings is 2. The number of likely N-dealkylation sites (tertiary alicyclic amines) is 2. The van der Waals surface area contributed by atoms with E-state index in [0.717, 1.165) is 56.5 Å². The second kappa shape index (κ2) is 10.1. The van der Waals surface area contributed by atoms with Crippen LogP contribution in [0.15, 0.2) is 77.6 Å². The van der Waals surface area contributed by atoms with Gasteiger partial charge in [0.2, 0.25) is 0 Å². The van der Waals surface area contributed by atoms with E-state index in [1.54, 1.807) is 29.7 Å². The van der Waals surface area contributed by atoms with E-state index in [0.29, 0.717) is 23.3 Å². The van der Waals surface area contributed by atoms with Crippen LogP contribution in [0.4, 0.5) is 4.39 Å². The maximum atomic E-state index is 13.7. The summed E-state index contributed by atoms with van der Waals surface area (Å²) in [6, 6.07) is 19.0. The van der Waals surface area contributed by atoms with Gasteiger partial charge < -0.3 is 9.80 Å². The van der Waals surface area contributed by atoms with E-state index in [2.05, 4.69) is 26.7 Å². The SMILES string of the molecule is O=C(c1cccc2cccnc12)N1CC(CN2CCC(c3ccc(F)cc3)CC2)C(c2ccsc2)C1. The second-order valence-electron chi connectivity index (χ2n) is 10.1. The summed E-state index contributed by atoms with van der Waals surface area (Å²) in [5.74, 6) is 1.15. The van der Waals surface area contributed by atoms with Crippen molar-refractivity contribution in [1.82, 2.24) is 14.8 Å². The summed E-state index contributed by atoms with van der Waals surface area (Å²) in [7, 11) is 0. The van der Waals surface area contributed by atoms with Crippen molar-refractivity contribution < 1.29 is 9.18 Å². The van der Waals surface area contributed by atoms with Crippen molar-refractivity contribution in [3.8, 4) is 0 Å². The quantitative estimate of drug-likeness (QED) is 0.329. The van der Waals surface area contributed by atoms with Gasteiger partial charge in [0.05, 0.1) is 11.1 Å². The molecule has 2 aromatic carbocycles. The molecule has 0 radical (unpaired) electrons. The number of fused-ring (bicyclic) bond motifs is 1. The molecule has 0 N–H and O–H groups in total. The first-order chi connectivity index (χ1) is 17.7. The van der Waals surface area contributed by atoms with Crippen LogP contribution < -0.4 is 0 Å². The van der Waals surface area contributed by atoms with Crippen LogP contribution in [0.5, 0.6) is 0 Å². The number of hydrogen-bond acceptors (Lipinski definition) is 4. The van der Waals surface area contributed by atoms with E-state index in [4.69, 9.17) is 0 Å². The van der Waals surface area contributed by atoms with Gasteiger partial charge in [0, 0.05) is 37.1 Å². The molecule has 2 aliphatic heterocycles. The van der Waals surface area contributed by atoms with Gasteiger partial charge in [-0.1, -0.05) is 30.3 Å². The van der Waals surface area contributed by atoms with Crippen LogP contribution in [0.25, 0.3) is 10.9 Å². The maximum absolute atomic E-state index is 13.7. The number of nitrogens with zero attached hydrogens (tertiary/aromatic N) is 3. The van der Waals surface area contributed by atoms with Gasteiger partial charge in [-0.25, -0.2) is 4.39 Å². The predicted molar refractivity (Wildman–Crippen MR) is 143 cm³/mol. The summed E-state index contributed by atoms with van der Waals surface area (Å²) in [6.07, 6.45) is 3.94. The van der Waals surface area contributed by atoms with Crippen LogP contribution >= 0.6 is 11.3 Å². The van der Waals surface area contributed by atoms with Crippen molar-refractivity contribution in [2.75, 3.05) is 32.7 Å². The Kier molecular flexibility index (Phi) is 6.55. The first-order valence-corrected chi connectivity index (χ1v) is 13.7. The Bertz CT molecular complexity index is 1330. The molecule has 0 saturated carbocycles. The minimum atomic E-state index is -0.171. The van der Waals surface area contributed by atoms with Gasteiger partial charge in [0.15, 0.2) is 0 Å². The third-order valence-electron chi connectivity index (χ3n) is 7.98. The van der Waals surface area contributed by atoms with Gasteiger partial charge in [-0.05, 0) is 90.0 Å². The van der Waals surface area contributed by atoms with Crippen LogP contribution in [-0.2, 0) is 0 Å². The highest BCUT2D eigenvalue weighted by molar-refractivity contribution is 7.08. The summed E-state index contributed by atoms with van der Waals surface area (Å²) in [5, 5.41) is 5.38. The Morgan fingerprint density at radius 2 is 1.78 bits per heavy atom. The summed E-state index contributed by atoms with van der Waals surface area (Å²) >= 11 is 1.73. The Labute approximate surface area is 215 Å². The molecule has 4 aromatic rings. The highest BCUT2D eigenvalue weighted by Gasteiger charge is 2.38. The highest BCUT2D eigenvalue weighted by Crippen LogP contribution is 2.37. The molecule has 4 nitrogen and oxygen atoms in total. The lowest BCUT2D eigenvalue weighted by atomic mass is 9.87. The number of thiophene rings is 1. The zero-order chi connectivity index (χ0) is 24.5. The molecule has 2 fully saturated rings. The molecule has 2 aliphatic rings. The Hall–Kier alpha value is -3.09. The van der Waals surface area contributed by atoms with Gasteiger partial charge in [-0.2, -0.15) is 11.3 Å². The number of piperidine rings is 1. The Balaban J connectivity index is 1.17. The van der Waals surface area contributed by atoms with Crippen molar-refractivity contribution in [3.05, 3.63) is 100 Å². The zero-order valence-corrected chi connectivity index (χ0v) is 21.0. The molecule has 2 unspecified atom stereocenters. The number of pyridine rings is 1. The molecule has 6 heteroatoms. The lowest BCUT2D eigenvalue weighted by Gasteiger charge is -2.34. The van der Waals surface area contributed by atoms with E-state index in [9.17, 15) is 9.18 Å². The molecule has 2 saturated heterocycles. The normalized spacial score (nSPS) is 21.3. The van der Waals surface area contributed by atoms with Crippen molar-refractivity contribution >= 4 is 28.1 Å². The minimum absolute atomic E-state index is 0.0806. The van der Waals surface area contributed by atoms with Gasteiger partial charge in [-0.15, -0.1) is 0 Å². The molecule has 2 aromatic heterocycles. The molecule has 6 rings (SSSR count).